The van der Waals surface area contributed by atoms with Crippen LogP contribution in [0.25, 0.3) is 0 Å². The average molecular weight is 374 g/mol. The summed E-state index contributed by atoms with van der Waals surface area (Å²) < 4.78 is 14.4. The Hall–Kier alpha value is -2.75. The fourth-order valence-electron chi connectivity index (χ4n) is 2.22. The predicted octanol–water partition coefficient (Wildman–Crippen LogP) is 4.39. The topological polar surface area (TPSA) is 74.5 Å². The van der Waals surface area contributed by atoms with Gasteiger partial charge in [0.2, 0.25) is 5.95 Å². The second-order valence-electron chi connectivity index (χ2n) is 5.03. The summed E-state index contributed by atoms with van der Waals surface area (Å²) in [4.78, 5) is 12.2. The van der Waals surface area contributed by atoms with Crippen molar-refractivity contribution in [3.63, 3.8) is 0 Å². The lowest BCUT2D eigenvalue weighted by atomic mass is 10.0. The third kappa shape index (κ3) is 4.02. The summed E-state index contributed by atoms with van der Waals surface area (Å²) in [6.45, 7) is 0. The van der Waals surface area contributed by atoms with Gasteiger partial charge in [-0.3, -0.25) is 4.98 Å². The Kier molecular flexibility index (Phi) is 5.08. The van der Waals surface area contributed by atoms with E-state index in [0.29, 0.717) is 10.6 Å². The van der Waals surface area contributed by atoms with Crippen LogP contribution >= 0.6 is 23.2 Å². The molecule has 3 rings (SSSR count). The van der Waals surface area contributed by atoms with Gasteiger partial charge in [-0.1, -0.05) is 35.3 Å². The summed E-state index contributed by atoms with van der Waals surface area (Å²) in [6, 6.07) is 10.7. The van der Waals surface area contributed by atoms with Crippen molar-refractivity contribution in [2.24, 2.45) is 0 Å². The van der Waals surface area contributed by atoms with Gasteiger partial charge in [-0.05, 0) is 29.8 Å². The minimum atomic E-state index is -0.691. The summed E-state index contributed by atoms with van der Waals surface area (Å²) in [6.07, 6.45) is 2.80. The zero-order valence-electron chi connectivity index (χ0n) is 12.6. The smallest absolute Gasteiger partial charge is 0.224 e. The number of hydrogen-bond donors (Lipinski definition) is 1. The van der Waals surface area contributed by atoms with Crippen molar-refractivity contribution in [1.29, 1.82) is 5.26 Å². The van der Waals surface area contributed by atoms with Crippen LogP contribution in [0.3, 0.4) is 0 Å². The fraction of sp³-hybridized carbons (Fsp3) is 0.0588. The first-order valence-electron chi connectivity index (χ1n) is 7.13. The van der Waals surface area contributed by atoms with E-state index in [4.69, 9.17) is 28.5 Å². The van der Waals surface area contributed by atoms with E-state index in [1.54, 1.807) is 24.3 Å². The Labute approximate surface area is 153 Å². The highest BCUT2D eigenvalue weighted by atomic mass is 35.5. The predicted molar refractivity (Wildman–Crippen MR) is 92.9 cm³/mol. The first-order valence-corrected chi connectivity index (χ1v) is 7.88. The van der Waals surface area contributed by atoms with Crippen LogP contribution in [0.4, 0.5) is 10.3 Å². The fourth-order valence-corrected chi connectivity index (χ4v) is 2.49. The molecule has 1 N–H and O–H groups in total. The quantitative estimate of drug-likeness (QED) is 0.733. The molecule has 0 aliphatic carbocycles. The Morgan fingerprint density at radius 1 is 1.08 bits per heavy atom. The standard InChI is InChI=1S/C17H10Cl2FN5/c18-11-3-1-10(2-4-11)15(16-14(20)7-12(19)9-23-16)25-17-22-6-5-13(8-21)24-17/h1-7,9,15H,(H,22,24,25)/t15-/m0/s1. The molecule has 0 amide bonds. The van der Waals surface area contributed by atoms with Crippen LogP contribution < -0.4 is 5.32 Å². The van der Waals surface area contributed by atoms with E-state index >= 15 is 0 Å². The maximum absolute atomic E-state index is 14.4. The lowest BCUT2D eigenvalue weighted by molar-refractivity contribution is 0.591. The van der Waals surface area contributed by atoms with Gasteiger partial charge in [0, 0.05) is 17.4 Å². The van der Waals surface area contributed by atoms with Crippen LogP contribution in [-0.2, 0) is 0 Å². The van der Waals surface area contributed by atoms with Gasteiger partial charge in [-0.25, -0.2) is 14.4 Å². The molecule has 8 heteroatoms. The third-order valence-electron chi connectivity index (χ3n) is 3.36. The van der Waals surface area contributed by atoms with Crippen molar-refractivity contribution in [3.05, 3.63) is 81.6 Å². The number of hydrogen-bond acceptors (Lipinski definition) is 5. The minimum absolute atomic E-state index is 0.123. The van der Waals surface area contributed by atoms with Crippen LogP contribution in [0.2, 0.25) is 10.0 Å². The molecule has 0 saturated heterocycles. The van der Waals surface area contributed by atoms with E-state index in [2.05, 4.69) is 20.3 Å². The van der Waals surface area contributed by atoms with Crippen molar-refractivity contribution in [1.82, 2.24) is 15.0 Å². The molecule has 0 bridgehead atoms. The number of pyridine rings is 1. The van der Waals surface area contributed by atoms with Gasteiger partial charge in [-0.15, -0.1) is 0 Å². The zero-order valence-corrected chi connectivity index (χ0v) is 14.1. The van der Waals surface area contributed by atoms with Gasteiger partial charge in [0.1, 0.15) is 23.3 Å². The molecule has 0 saturated carbocycles. The third-order valence-corrected chi connectivity index (χ3v) is 3.82. The Bertz CT molecular complexity index is 941. The highest BCUT2D eigenvalue weighted by Gasteiger charge is 2.21. The van der Waals surface area contributed by atoms with Gasteiger partial charge in [0.15, 0.2) is 0 Å². The van der Waals surface area contributed by atoms with Crippen molar-refractivity contribution < 1.29 is 4.39 Å². The molecule has 0 spiro atoms. The normalized spacial score (nSPS) is 11.6. The van der Waals surface area contributed by atoms with Gasteiger partial charge in [-0.2, -0.15) is 5.26 Å². The molecule has 0 aliphatic rings. The Morgan fingerprint density at radius 2 is 1.84 bits per heavy atom. The lowest BCUT2D eigenvalue weighted by Gasteiger charge is -2.19. The number of nitrogens with one attached hydrogen (secondary N) is 1. The molecule has 1 aromatic carbocycles. The van der Waals surface area contributed by atoms with Crippen molar-refractivity contribution in [2.45, 2.75) is 6.04 Å². The van der Waals surface area contributed by atoms with Gasteiger partial charge in [0.25, 0.3) is 0 Å². The number of nitriles is 1. The number of rotatable bonds is 4. The molecule has 0 unspecified atom stereocenters. The Balaban J connectivity index is 2.05. The second-order valence-corrected chi connectivity index (χ2v) is 5.90. The molecular weight excluding hydrogens is 364 g/mol. The lowest BCUT2D eigenvalue weighted by Crippen LogP contribution is -2.17. The van der Waals surface area contributed by atoms with E-state index in [1.807, 2.05) is 6.07 Å². The van der Waals surface area contributed by atoms with E-state index in [1.165, 1.54) is 24.5 Å². The first kappa shape index (κ1) is 17.1. The molecule has 0 fully saturated rings. The van der Waals surface area contributed by atoms with Crippen molar-refractivity contribution >= 4 is 29.2 Å². The molecule has 25 heavy (non-hydrogen) atoms. The Morgan fingerprint density at radius 3 is 2.52 bits per heavy atom. The van der Waals surface area contributed by atoms with Gasteiger partial charge >= 0.3 is 0 Å². The molecule has 2 aromatic heterocycles. The number of aromatic nitrogens is 3. The molecule has 1 atom stereocenters. The zero-order chi connectivity index (χ0) is 17.8. The number of halogens is 3. The van der Waals surface area contributed by atoms with E-state index in [0.717, 1.165) is 0 Å². The maximum Gasteiger partial charge on any atom is 0.224 e. The SMILES string of the molecule is N#Cc1ccnc(N[C@@H](c2ccc(Cl)cc2)c2ncc(Cl)cc2F)n1. The van der Waals surface area contributed by atoms with E-state index in [9.17, 15) is 4.39 Å². The van der Waals surface area contributed by atoms with Crippen molar-refractivity contribution in [2.75, 3.05) is 5.32 Å². The minimum Gasteiger partial charge on any atom is -0.342 e. The molecule has 124 valence electrons. The van der Waals surface area contributed by atoms with Crippen LogP contribution in [0.15, 0.2) is 48.8 Å². The maximum atomic E-state index is 14.4. The second kappa shape index (κ2) is 7.43. The largest absolute Gasteiger partial charge is 0.342 e. The van der Waals surface area contributed by atoms with E-state index < -0.39 is 11.9 Å². The van der Waals surface area contributed by atoms with Crippen LogP contribution in [0.1, 0.15) is 23.0 Å². The highest BCUT2D eigenvalue weighted by molar-refractivity contribution is 6.30. The molecule has 2 heterocycles. The number of benzene rings is 1. The molecule has 0 aliphatic heterocycles. The first-order chi connectivity index (χ1) is 12.1. The number of anilines is 1. The van der Waals surface area contributed by atoms with Crippen LogP contribution in [0, 0.1) is 17.1 Å². The van der Waals surface area contributed by atoms with Crippen LogP contribution in [0.5, 0.6) is 0 Å². The summed E-state index contributed by atoms with van der Waals surface area (Å²) in [5.41, 5.74) is 1.01. The molecule has 3 aromatic rings. The average Bonchev–Trinajstić information content (AvgIpc) is 2.61. The van der Waals surface area contributed by atoms with Crippen LogP contribution in [-0.4, -0.2) is 15.0 Å². The highest BCUT2D eigenvalue weighted by Crippen LogP contribution is 2.28. The van der Waals surface area contributed by atoms with Crippen molar-refractivity contribution in [3.8, 4) is 6.07 Å². The molecule has 5 nitrogen and oxygen atoms in total. The monoisotopic (exact) mass is 373 g/mol. The summed E-state index contributed by atoms with van der Waals surface area (Å²) >= 11 is 11.7. The summed E-state index contributed by atoms with van der Waals surface area (Å²) in [5, 5.41) is 12.7. The van der Waals surface area contributed by atoms with Gasteiger partial charge in [0.05, 0.1) is 11.1 Å². The molecular formula is C17H10Cl2FN5. The van der Waals surface area contributed by atoms with Gasteiger partial charge < -0.3 is 5.32 Å². The molecule has 0 radical (unpaired) electrons. The number of nitrogens with zero attached hydrogens (tertiary/aromatic N) is 4. The summed E-state index contributed by atoms with van der Waals surface area (Å²) in [5.74, 6) is -0.397. The summed E-state index contributed by atoms with van der Waals surface area (Å²) in [7, 11) is 0. The van der Waals surface area contributed by atoms with E-state index in [-0.39, 0.29) is 22.4 Å².